The summed E-state index contributed by atoms with van der Waals surface area (Å²) in [4.78, 5) is 0. The van der Waals surface area contributed by atoms with Crippen LogP contribution < -0.4 is 12.4 Å². The van der Waals surface area contributed by atoms with Crippen LogP contribution in [0.5, 0.6) is 0 Å². The van der Waals surface area contributed by atoms with Crippen LogP contribution >= 0.6 is 0 Å². The van der Waals surface area contributed by atoms with Gasteiger partial charge in [-0.3, -0.25) is 0 Å². The van der Waals surface area contributed by atoms with E-state index in [2.05, 4.69) is 13.8 Å². The molecule has 0 radical (unpaired) electrons. The first-order chi connectivity index (χ1) is 4.91. The third-order valence-electron chi connectivity index (χ3n) is 1.02. The van der Waals surface area contributed by atoms with Crippen molar-refractivity contribution < 1.29 is 12.4 Å². The van der Waals surface area contributed by atoms with Crippen LogP contribution in [-0.2, 0) is 0 Å². The Kier molecular flexibility index (Phi) is 41.7. The van der Waals surface area contributed by atoms with Crippen molar-refractivity contribution in [3.63, 3.8) is 0 Å². The van der Waals surface area contributed by atoms with E-state index < -0.39 is 0 Å². The van der Waals surface area contributed by atoms with Gasteiger partial charge in [0.05, 0.1) is 0 Å². The third-order valence-corrected chi connectivity index (χ3v) is 1.02. The monoisotopic (exact) mass is 224 g/mol. The van der Waals surface area contributed by atoms with Crippen molar-refractivity contribution in [2.45, 2.75) is 19.8 Å². The Balaban J connectivity index is -0.0000000536. The molecule has 0 N–H and O–H groups in total. The van der Waals surface area contributed by atoms with Crippen molar-refractivity contribution in [3.8, 4) is 0 Å². The Morgan fingerprint density at radius 3 is 1.15 bits per heavy atom. The normalized spacial score (nSPS) is 6.00. The Morgan fingerprint density at radius 1 is 0.923 bits per heavy atom. The second-order valence-corrected chi connectivity index (χ2v) is 2.01. The van der Waals surface area contributed by atoms with E-state index in [1.54, 1.807) is 0 Å². The fourth-order valence-corrected chi connectivity index (χ4v) is 0.385. The fraction of sp³-hybridized carbons (Fsp3) is 0.300. The largest absolute Gasteiger partial charge is 2.00 e. The average molecular weight is 225 g/mol. The van der Waals surface area contributed by atoms with Gasteiger partial charge in [0, 0.05) is 0 Å². The fourth-order valence-electron chi connectivity index (χ4n) is 0.385. The van der Waals surface area contributed by atoms with Gasteiger partial charge in [-0.05, 0) is 0 Å². The molecule has 1 rings (SSSR count). The van der Waals surface area contributed by atoms with Crippen LogP contribution in [0.2, 0.25) is 0 Å². The van der Waals surface area contributed by atoms with E-state index in [0.717, 1.165) is 6.42 Å². The van der Waals surface area contributed by atoms with E-state index >= 15 is 0 Å². The first-order valence-electron chi connectivity index (χ1n) is 3.71. The molecule has 0 nitrogen and oxygen atoms in total. The molecule has 1 aromatic carbocycles. The molecular formula is C10H18AlClMg. The van der Waals surface area contributed by atoms with Gasteiger partial charge in [-0.1, -0.05) is 49.7 Å². The van der Waals surface area contributed by atoms with Gasteiger partial charge in [0.25, 0.3) is 0 Å². The molecule has 3 heteroatoms. The molecule has 0 saturated heterocycles. The van der Waals surface area contributed by atoms with Crippen LogP contribution in [0, 0.1) is 6.92 Å². The maximum atomic E-state index is 3.60. The minimum Gasteiger partial charge on any atom is -1.00 e. The van der Waals surface area contributed by atoms with E-state index in [0.29, 0.717) is 0 Å². The van der Waals surface area contributed by atoms with Gasteiger partial charge >= 0.3 is 23.1 Å². The van der Waals surface area contributed by atoms with Crippen molar-refractivity contribution in [2.75, 3.05) is 0 Å². The molecule has 0 bridgehead atoms. The Bertz CT molecular complexity index is 107. The molecule has 70 valence electrons. The van der Waals surface area contributed by atoms with Crippen molar-refractivity contribution in [1.82, 2.24) is 0 Å². The summed E-state index contributed by atoms with van der Waals surface area (Å²) in [6, 6.07) is 12.0. The second kappa shape index (κ2) is 23.0. The van der Waals surface area contributed by atoms with Gasteiger partial charge < -0.3 is 19.3 Å². The van der Waals surface area contributed by atoms with E-state index in [4.69, 9.17) is 0 Å². The average Bonchev–Trinajstić information content (AvgIpc) is 2.08. The summed E-state index contributed by atoms with van der Waals surface area (Å²) < 4.78 is 0. The van der Waals surface area contributed by atoms with E-state index in [1.165, 1.54) is 6.42 Å². The van der Waals surface area contributed by atoms with Crippen LogP contribution in [0.4, 0.5) is 0 Å². The molecule has 0 atom stereocenters. The maximum absolute atomic E-state index is 3.60. The zero-order chi connectivity index (χ0) is 7.66. The molecule has 13 heavy (non-hydrogen) atoms. The number of hydrogen-bond donors (Lipinski definition) is 0. The summed E-state index contributed by atoms with van der Waals surface area (Å²) in [5.41, 5.74) is 0. The Hall–Kier alpha value is 0.809. The summed E-state index contributed by atoms with van der Waals surface area (Å²) in [6.07, 6.45) is 2.28. The Morgan fingerprint density at radius 2 is 1.08 bits per heavy atom. The molecule has 0 aliphatic heterocycles. The maximum Gasteiger partial charge on any atom is 2.00 e. The smallest absolute Gasteiger partial charge is 1.00 e. The number of hydrogen-bond acceptors (Lipinski definition) is 0. The van der Waals surface area contributed by atoms with Crippen molar-refractivity contribution >= 4 is 40.4 Å². The predicted octanol–water partition coefficient (Wildman–Crippen LogP) is -1.25. The van der Waals surface area contributed by atoms with Crippen molar-refractivity contribution in [3.05, 3.63) is 43.3 Å². The van der Waals surface area contributed by atoms with Crippen molar-refractivity contribution in [1.29, 1.82) is 0 Å². The minimum atomic E-state index is 0. The molecule has 0 heterocycles. The number of rotatable bonds is 1. The molecule has 0 amide bonds. The van der Waals surface area contributed by atoms with Crippen LogP contribution in [-0.4, -0.2) is 40.4 Å². The molecule has 0 aliphatic rings. The number of halogens is 1. The molecule has 0 spiro atoms. The van der Waals surface area contributed by atoms with Gasteiger partial charge in [-0.15, -0.1) is 0 Å². The molecule has 1 aromatic rings. The zero-order valence-electron chi connectivity index (χ0n) is 7.67. The number of unbranched alkanes of at least 4 members (excludes halogenated alkanes) is 1. The number of benzene rings is 1. The van der Waals surface area contributed by atoms with Gasteiger partial charge in [0.15, 0.2) is 17.4 Å². The summed E-state index contributed by atoms with van der Waals surface area (Å²) in [5.74, 6) is 0. The van der Waals surface area contributed by atoms with Gasteiger partial charge in [0.1, 0.15) is 0 Å². The molecule has 0 aliphatic carbocycles. The van der Waals surface area contributed by atoms with Crippen LogP contribution in [0.3, 0.4) is 0 Å². The van der Waals surface area contributed by atoms with Crippen LogP contribution in [0.1, 0.15) is 19.8 Å². The standard InChI is InChI=1S/C6H6.C4H9.Al.ClH.Mg.3H/c1-2-4-6-5-3-1;1-3-4-2;;;;;;/h1-6H;1,3-4H2,2H3;;1H;;;;/q;-1;;;+2;;;/p-1. The Labute approximate surface area is 115 Å². The summed E-state index contributed by atoms with van der Waals surface area (Å²) in [6.45, 7) is 5.72. The second-order valence-electron chi connectivity index (χ2n) is 2.01. The first kappa shape index (κ1) is 23.5. The predicted molar refractivity (Wildman–Crippen MR) is 62.4 cm³/mol. The summed E-state index contributed by atoms with van der Waals surface area (Å²) in [5, 5.41) is 0. The van der Waals surface area contributed by atoms with Crippen LogP contribution in [0.15, 0.2) is 36.4 Å². The quantitative estimate of drug-likeness (QED) is 0.413. The van der Waals surface area contributed by atoms with Gasteiger partial charge in [-0.25, -0.2) is 0 Å². The molecule has 0 saturated carbocycles. The minimum absolute atomic E-state index is 0. The zero-order valence-corrected chi connectivity index (χ0v) is 9.84. The van der Waals surface area contributed by atoms with E-state index in [-0.39, 0.29) is 52.8 Å². The van der Waals surface area contributed by atoms with Crippen molar-refractivity contribution in [2.24, 2.45) is 0 Å². The topological polar surface area (TPSA) is 0 Å². The summed E-state index contributed by atoms with van der Waals surface area (Å²) in [7, 11) is 0. The van der Waals surface area contributed by atoms with E-state index in [1.807, 2.05) is 36.4 Å². The third kappa shape index (κ3) is 24.5. The SMILES string of the molecule is [AlH3].[CH2-]CCC.[Cl-].[Mg+2].c1ccccc1. The van der Waals surface area contributed by atoms with Crippen LogP contribution in [0.25, 0.3) is 0 Å². The molecular weight excluding hydrogens is 207 g/mol. The molecule has 0 unspecified atom stereocenters. The molecule has 0 aromatic heterocycles. The van der Waals surface area contributed by atoms with Gasteiger partial charge in [-0.2, -0.15) is 6.42 Å². The summed E-state index contributed by atoms with van der Waals surface area (Å²) >= 11 is 0. The van der Waals surface area contributed by atoms with Gasteiger partial charge in [0.2, 0.25) is 0 Å². The first-order valence-corrected chi connectivity index (χ1v) is 3.71. The van der Waals surface area contributed by atoms with E-state index in [9.17, 15) is 0 Å². The molecule has 0 fully saturated rings.